The Labute approximate surface area is 203 Å². The van der Waals surface area contributed by atoms with E-state index in [4.69, 9.17) is 23.2 Å². The van der Waals surface area contributed by atoms with Gasteiger partial charge in [-0.3, -0.25) is 0 Å². The van der Waals surface area contributed by atoms with Crippen molar-refractivity contribution in [1.82, 2.24) is 4.72 Å². The van der Waals surface area contributed by atoms with Gasteiger partial charge in [0.05, 0.1) is 21.8 Å². The summed E-state index contributed by atoms with van der Waals surface area (Å²) in [5.74, 6) is 6.54. The minimum atomic E-state index is -1.30. The molecule has 0 aliphatic carbocycles. The van der Waals surface area contributed by atoms with Gasteiger partial charge in [0.25, 0.3) is 0 Å². The van der Waals surface area contributed by atoms with Gasteiger partial charge in [-0.2, -0.15) is 0 Å². The quantitative estimate of drug-likeness (QED) is 0.382. The molecule has 3 aromatic rings. The summed E-state index contributed by atoms with van der Waals surface area (Å²) in [5, 5.41) is 1.33. The Morgan fingerprint density at radius 2 is 1.47 bits per heavy atom. The fraction of sp³-hybridized carbons (Fsp3) is 0.185. The average molecular weight is 482 g/mol. The molecule has 0 heterocycles. The summed E-state index contributed by atoms with van der Waals surface area (Å²) in [4.78, 5) is 0. The van der Waals surface area contributed by atoms with Gasteiger partial charge in [-0.15, -0.1) is 0 Å². The second-order valence-electron chi connectivity index (χ2n) is 8.25. The summed E-state index contributed by atoms with van der Waals surface area (Å²) in [6.07, 6.45) is 2.00. The van der Waals surface area contributed by atoms with Crippen molar-refractivity contribution >= 4 is 40.3 Å². The molecule has 0 aliphatic heterocycles. The minimum Gasteiger partial charge on any atom is -0.242 e. The number of hydrogen-bond donors (Lipinski definition) is 1. The maximum absolute atomic E-state index is 13.1. The normalized spacial score (nSPS) is 13.7. The number of halogens is 2. The predicted octanol–water partition coefficient (Wildman–Crippen LogP) is 7.22. The molecule has 0 spiro atoms. The van der Waals surface area contributed by atoms with E-state index in [0.29, 0.717) is 10.0 Å². The molecule has 2 atom stereocenters. The minimum absolute atomic E-state index is 0.355. The summed E-state index contributed by atoms with van der Waals surface area (Å²) >= 11 is 12.1. The summed E-state index contributed by atoms with van der Waals surface area (Å²) < 4.78 is 15.9. The van der Waals surface area contributed by atoms with Gasteiger partial charge in [0.15, 0.2) is 0 Å². The SMILES string of the molecule is CC(C)(C)S(=O)N[C@@H](/C(C#Cc1ccc(Cl)cc1)=C/c1ccc(Cl)cc1)c1ccccc1. The van der Waals surface area contributed by atoms with Gasteiger partial charge >= 0.3 is 0 Å². The summed E-state index contributed by atoms with van der Waals surface area (Å²) in [6.45, 7) is 5.83. The van der Waals surface area contributed by atoms with Crippen molar-refractivity contribution in [3.8, 4) is 11.8 Å². The van der Waals surface area contributed by atoms with Crippen molar-refractivity contribution < 1.29 is 4.21 Å². The molecule has 0 saturated heterocycles. The number of benzene rings is 3. The lowest BCUT2D eigenvalue weighted by atomic mass is 9.97. The number of nitrogens with one attached hydrogen (secondary N) is 1. The third-order valence-electron chi connectivity index (χ3n) is 4.61. The van der Waals surface area contributed by atoms with E-state index in [0.717, 1.165) is 22.3 Å². The van der Waals surface area contributed by atoms with Gasteiger partial charge in [-0.05, 0) is 74.4 Å². The van der Waals surface area contributed by atoms with Crippen molar-refractivity contribution in [2.24, 2.45) is 0 Å². The van der Waals surface area contributed by atoms with Crippen LogP contribution >= 0.6 is 23.2 Å². The van der Waals surface area contributed by atoms with Gasteiger partial charge in [0.2, 0.25) is 0 Å². The van der Waals surface area contributed by atoms with Crippen LogP contribution in [0.2, 0.25) is 10.0 Å². The van der Waals surface area contributed by atoms with Crippen LogP contribution in [0.25, 0.3) is 6.08 Å². The first-order valence-corrected chi connectivity index (χ1v) is 12.1. The molecule has 0 bridgehead atoms. The van der Waals surface area contributed by atoms with Crippen LogP contribution in [0.1, 0.15) is 43.5 Å². The third kappa shape index (κ3) is 7.08. The lowest BCUT2D eigenvalue weighted by Gasteiger charge is -2.25. The molecule has 0 radical (unpaired) electrons. The molecule has 0 amide bonds. The Hall–Kier alpha value is -2.35. The van der Waals surface area contributed by atoms with Crippen LogP contribution in [0, 0.1) is 11.8 Å². The van der Waals surface area contributed by atoms with Crippen LogP contribution in [0.15, 0.2) is 84.4 Å². The van der Waals surface area contributed by atoms with E-state index in [1.165, 1.54) is 0 Å². The first kappa shape index (κ1) is 24.3. The van der Waals surface area contributed by atoms with E-state index in [1.807, 2.05) is 106 Å². The highest BCUT2D eigenvalue weighted by molar-refractivity contribution is 7.84. The molecule has 0 aliphatic rings. The molecule has 0 fully saturated rings. The van der Waals surface area contributed by atoms with Crippen LogP contribution in [-0.4, -0.2) is 8.96 Å². The van der Waals surface area contributed by atoms with Crippen molar-refractivity contribution in [3.63, 3.8) is 0 Å². The zero-order chi connectivity index (χ0) is 23.1. The molecule has 3 aromatic carbocycles. The average Bonchev–Trinajstić information content (AvgIpc) is 2.77. The molecule has 0 saturated carbocycles. The molecule has 0 aromatic heterocycles. The second kappa shape index (κ2) is 11.0. The van der Waals surface area contributed by atoms with E-state index in [-0.39, 0.29) is 6.04 Å². The maximum atomic E-state index is 13.1. The lowest BCUT2D eigenvalue weighted by Crippen LogP contribution is -2.36. The highest BCUT2D eigenvalue weighted by atomic mass is 35.5. The summed E-state index contributed by atoms with van der Waals surface area (Å²) in [7, 11) is -1.30. The van der Waals surface area contributed by atoms with E-state index >= 15 is 0 Å². The highest BCUT2D eigenvalue weighted by Crippen LogP contribution is 2.26. The molecule has 2 nitrogen and oxygen atoms in total. The first-order valence-electron chi connectivity index (χ1n) is 10.2. The van der Waals surface area contributed by atoms with Crippen molar-refractivity contribution in [3.05, 3.63) is 111 Å². The summed E-state index contributed by atoms with van der Waals surface area (Å²) in [5.41, 5.74) is 3.58. The molecule has 1 unspecified atom stereocenters. The number of rotatable bonds is 5. The Kier molecular flexibility index (Phi) is 8.34. The Bertz CT molecular complexity index is 1150. The monoisotopic (exact) mass is 481 g/mol. The smallest absolute Gasteiger partial charge is 0.0979 e. The van der Waals surface area contributed by atoms with Crippen LogP contribution < -0.4 is 4.72 Å². The largest absolute Gasteiger partial charge is 0.242 e. The molecule has 3 rings (SSSR count). The standard InChI is InChI=1S/C27H25Cl2NOS/c1-27(2,3)32(31)30-26(22-7-5-4-6-8-22)23(19-21-12-17-25(29)18-13-21)14-9-20-10-15-24(28)16-11-20/h4-8,10-13,15-19,26,30H,1-3H3/b23-19+/t26-,32?/m1/s1. The van der Waals surface area contributed by atoms with Crippen molar-refractivity contribution in [2.45, 2.75) is 31.6 Å². The fourth-order valence-electron chi connectivity index (χ4n) is 2.85. The zero-order valence-corrected chi connectivity index (χ0v) is 20.6. The molecule has 164 valence electrons. The molecule has 5 heteroatoms. The van der Waals surface area contributed by atoms with Crippen molar-refractivity contribution in [2.75, 3.05) is 0 Å². The van der Waals surface area contributed by atoms with E-state index in [1.54, 1.807) is 0 Å². The van der Waals surface area contributed by atoms with Gasteiger partial charge in [-0.25, -0.2) is 8.93 Å². The lowest BCUT2D eigenvalue weighted by molar-refractivity contribution is 0.624. The third-order valence-corrected chi connectivity index (χ3v) is 6.68. The van der Waals surface area contributed by atoms with Crippen molar-refractivity contribution in [1.29, 1.82) is 0 Å². The predicted molar refractivity (Wildman–Crippen MR) is 138 cm³/mol. The van der Waals surface area contributed by atoms with E-state index in [2.05, 4.69) is 16.6 Å². The van der Waals surface area contributed by atoms with Crippen LogP contribution in [0.4, 0.5) is 0 Å². The Morgan fingerprint density at radius 3 is 2.03 bits per heavy atom. The van der Waals surface area contributed by atoms with E-state index < -0.39 is 15.7 Å². The molecule has 1 N–H and O–H groups in total. The van der Waals surface area contributed by atoms with Crippen LogP contribution in [-0.2, 0) is 11.0 Å². The molecular weight excluding hydrogens is 457 g/mol. The number of hydrogen-bond acceptors (Lipinski definition) is 1. The zero-order valence-electron chi connectivity index (χ0n) is 18.2. The summed E-state index contributed by atoms with van der Waals surface area (Å²) in [6, 6.07) is 24.5. The topological polar surface area (TPSA) is 29.1 Å². The van der Waals surface area contributed by atoms with Gasteiger partial charge in [0.1, 0.15) is 0 Å². The van der Waals surface area contributed by atoms with Gasteiger partial charge in [-0.1, -0.05) is 77.5 Å². The second-order valence-corrected chi connectivity index (χ2v) is 11.1. The van der Waals surface area contributed by atoms with Crippen LogP contribution in [0.5, 0.6) is 0 Å². The van der Waals surface area contributed by atoms with Gasteiger partial charge in [0, 0.05) is 21.2 Å². The van der Waals surface area contributed by atoms with Crippen LogP contribution in [0.3, 0.4) is 0 Å². The fourth-order valence-corrected chi connectivity index (χ4v) is 3.93. The molecule has 32 heavy (non-hydrogen) atoms. The molecular formula is C27H25Cl2NOS. The van der Waals surface area contributed by atoms with Gasteiger partial charge < -0.3 is 0 Å². The first-order chi connectivity index (χ1) is 15.2. The maximum Gasteiger partial charge on any atom is 0.0979 e. The Morgan fingerprint density at radius 1 is 0.906 bits per heavy atom. The Balaban J connectivity index is 2.11. The highest BCUT2D eigenvalue weighted by Gasteiger charge is 2.25. The van der Waals surface area contributed by atoms with E-state index in [9.17, 15) is 4.21 Å².